The molecule has 37 heavy (non-hydrogen) atoms. The van der Waals surface area contributed by atoms with Crippen molar-refractivity contribution in [2.75, 3.05) is 17.9 Å². The van der Waals surface area contributed by atoms with Gasteiger partial charge in [-0.2, -0.15) is 0 Å². The maximum Gasteiger partial charge on any atom is 0.264 e. The Bertz CT molecular complexity index is 1360. The fraction of sp³-hybridized carbons (Fsp3) is 0.286. The number of halogens is 1. The summed E-state index contributed by atoms with van der Waals surface area (Å²) in [4.78, 5) is 28.2. The van der Waals surface area contributed by atoms with E-state index >= 15 is 0 Å². The normalized spacial score (nSPS) is 12.0. The van der Waals surface area contributed by atoms with Crippen LogP contribution in [-0.4, -0.2) is 44.8 Å². The van der Waals surface area contributed by atoms with Crippen molar-refractivity contribution in [2.24, 2.45) is 0 Å². The van der Waals surface area contributed by atoms with Crippen LogP contribution in [0, 0.1) is 13.8 Å². The molecule has 0 aliphatic rings. The SMILES string of the molecule is CCC(C(=O)NC)N(Cc1ccccc1Cl)C(=O)CN(c1cc(C)ccc1C)S(=O)(=O)c1ccccc1. The number of carbonyl (C=O) groups is 2. The fourth-order valence-corrected chi connectivity index (χ4v) is 5.80. The second kappa shape index (κ2) is 12.3. The van der Waals surface area contributed by atoms with Crippen molar-refractivity contribution in [1.82, 2.24) is 10.2 Å². The average molecular weight is 542 g/mol. The maximum absolute atomic E-state index is 13.9. The van der Waals surface area contributed by atoms with E-state index in [1.165, 1.54) is 24.1 Å². The Morgan fingerprint density at radius 3 is 2.24 bits per heavy atom. The lowest BCUT2D eigenvalue weighted by molar-refractivity contribution is -0.140. The maximum atomic E-state index is 13.9. The number of anilines is 1. The van der Waals surface area contributed by atoms with Crippen LogP contribution in [0.2, 0.25) is 5.02 Å². The van der Waals surface area contributed by atoms with Crippen molar-refractivity contribution >= 4 is 39.1 Å². The van der Waals surface area contributed by atoms with Gasteiger partial charge in [0.25, 0.3) is 10.0 Å². The van der Waals surface area contributed by atoms with E-state index in [-0.39, 0.29) is 17.3 Å². The summed E-state index contributed by atoms with van der Waals surface area (Å²) in [6.07, 6.45) is 0.338. The van der Waals surface area contributed by atoms with Crippen molar-refractivity contribution in [3.05, 3.63) is 94.5 Å². The molecule has 0 aliphatic heterocycles. The highest BCUT2D eigenvalue weighted by molar-refractivity contribution is 7.92. The summed E-state index contributed by atoms with van der Waals surface area (Å²) in [6.45, 7) is 5.03. The molecule has 0 spiro atoms. The number of nitrogens with zero attached hydrogens (tertiary/aromatic N) is 2. The summed E-state index contributed by atoms with van der Waals surface area (Å²) < 4.78 is 28.8. The van der Waals surface area contributed by atoms with E-state index in [0.29, 0.717) is 28.3 Å². The molecular formula is C28H32ClN3O4S. The van der Waals surface area contributed by atoms with E-state index in [4.69, 9.17) is 11.6 Å². The molecule has 0 saturated heterocycles. The number of likely N-dealkylation sites (N-methyl/N-ethyl adjacent to an activating group) is 1. The summed E-state index contributed by atoms with van der Waals surface area (Å²) in [6, 6.07) is 19.7. The van der Waals surface area contributed by atoms with Gasteiger partial charge in [0.05, 0.1) is 10.6 Å². The molecule has 9 heteroatoms. The zero-order valence-electron chi connectivity index (χ0n) is 21.4. The first-order valence-corrected chi connectivity index (χ1v) is 13.8. The molecule has 1 unspecified atom stereocenters. The summed E-state index contributed by atoms with van der Waals surface area (Å²) in [5.41, 5.74) is 2.62. The molecule has 1 atom stereocenters. The third-order valence-corrected chi connectivity index (χ3v) is 8.32. The molecule has 0 saturated carbocycles. The van der Waals surface area contributed by atoms with Crippen LogP contribution in [0.25, 0.3) is 0 Å². The minimum absolute atomic E-state index is 0.0520. The van der Waals surface area contributed by atoms with E-state index in [2.05, 4.69) is 5.32 Å². The molecule has 0 aliphatic carbocycles. The van der Waals surface area contributed by atoms with E-state index in [1.54, 1.807) is 62.4 Å². The van der Waals surface area contributed by atoms with Crippen molar-refractivity contribution in [3.8, 4) is 0 Å². The highest BCUT2D eigenvalue weighted by Gasteiger charge is 2.34. The van der Waals surface area contributed by atoms with Gasteiger partial charge in [-0.3, -0.25) is 13.9 Å². The van der Waals surface area contributed by atoms with E-state index < -0.39 is 28.5 Å². The van der Waals surface area contributed by atoms with Crippen LogP contribution in [0.3, 0.4) is 0 Å². The van der Waals surface area contributed by atoms with Gasteiger partial charge in [-0.1, -0.05) is 67.1 Å². The number of aryl methyl sites for hydroxylation is 2. The second-order valence-corrected chi connectivity index (χ2v) is 11.0. The lowest BCUT2D eigenvalue weighted by Crippen LogP contribution is -2.51. The van der Waals surface area contributed by atoms with Crippen LogP contribution in [0.15, 0.2) is 77.7 Å². The van der Waals surface area contributed by atoms with Gasteiger partial charge in [0.2, 0.25) is 11.8 Å². The molecule has 3 aromatic carbocycles. The van der Waals surface area contributed by atoms with Crippen LogP contribution in [0.1, 0.15) is 30.0 Å². The van der Waals surface area contributed by atoms with Gasteiger partial charge < -0.3 is 10.2 Å². The van der Waals surface area contributed by atoms with E-state index in [9.17, 15) is 18.0 Å². The molecule has 0 bridgehead atoms. The molecule has 3 rings (SSSR count). The topological polar surface area (TPSA) is 86.8 Å². The lowest BCUT2D eigenvalue weighted by Gasteiger charge is -2.33. The van der Waals surface area contributed by atoms with Gasteiger partial charge >= 0.3 is 0 Å². The summed E-state index contributed by atoms with van der Waals surface area (Å²) >= 11 is 6.38. The number of hydrogen-bond donors (Lipinski definition) is 1. The van der Waals surface area contributed by atoms with Crippen LogP contribution in [0.5, 0.6) is 0 Å². The first-order valence-electron chi connectivity index (χ1n) is 12.0. The quantitative estimate of drug-likeness (QED) is 0.403. The zero-order chi connectivity index (χ0) is 27.2. The summed E-state index contributed by atoms with van der Waals surface area (Å²) in [5.74, 6) is -0.858. The predicted molar refractivity (Wildman–Crippen MR) is 147 cm³/mol. The minimum atomic E-state index is -4.10. The third kappa shape index (κ3) is 6.50. The fourth-order valence-electron chi connectivity index (χ4n) is 4.12. The molecule has 1 N–H and O–H groups in total. The lowest BCUT2D eigenvalue weighted by atomic mass is 10.1. The zero-order valence-corrected chi connectivity index (χ0v) is 23.0. The van der Waals surface area contributed by atoms with Gasteiger partial charge in [0.15, 0.2) is 0 Å². The Morgan fingerprint density at radius 1 is 0.973 bits per heavy atom. The predicted octanol–water partition coefficient (Wildman–Crippen LogP) is 4.71. The van der Waals surface area contributed by atoms with Crippen molar-refractivity contribution in [2.45, 2.75) is 44.7 Å². The Morgan fingerprint density at radius 2 is 1.62 bits per heavy atom. The van der Waals surface area contributed by atoms with E-state index in [0.717, 1.165) is 9.87 Å². The molecule has 0 heterocycles. The van der Waals surface area contributed by atoms with Crippen LogP contribution < -0.4 is 9.62 Å². The monoisotopic (exact) mass is 541 g/mol. The summed E-state index contributed by atoms with van der Waals surface area (Å²) in [7, 11) is -2.60. The molecular weight excluding hydrogens is 510 g/mol. The first kappa shape index (κ1) is 28.2. The number of nitrogens with one attached hydrogen (secondary N) is 1. The van der Waals surface area contributed by atoms with Gasteiger partial charge in [-0.25, -0.2) is 8.42 Å². The third-order valence-electron chi connectivity index (χ3n) is 6.17. The highest BCUT2D eigenvalue weighted by Crippen LogP contribution is 2.29. The van der Waals surface area contributed by atoms with Gasteiger partial charge in [-0.15, -0.1) is 0 Å². The van der Waals surface area contributed by atoms with Crippen molar-refractivity contribution in [3.63, 3.8) is 0 Å². The molecule has 196 valence electrons. The van der Waals surface area contributed by atoms with Gasteiger partial charge in [0, 0.05) is 18.6 Å². The Hall–Kier alpha value is -3.36. The van der Waals surface area contributed by atoms with E-state index in [1.807, 2.05) is 19.1 Å². The number of benzene rings is 3. The Kier molecular flexibility index (Phi) is 9.34. The number of carbonyl (C=O) groups excluding carboxylic acids is 2. The second-order valence-electron chi connectivity index (χ2n) is 8.77. The molecule has 2 amide bonds. The van der Waals surface area contributed by atoms with Crippen molar-refractivity contribution < 1.29 is 18.0 Å². The average Bonchev–Trinajstić information content (AvgIpc) is 2.89. The molecule has 0 radical (unpaired) electrons. The Balaban J connectivity index is 2.11. The number of sulfonamides is 1. The molecule has 0 fully saturated rings. The van der Waals surface area contributed by atoms with Crippen LogP contribution >= 0.6 is 11.6 Å². The largest absolute Gasteiger partial charge is 0.357 e. The standard InChI is InChI=1S/C28H32ClN3O4S/c1-5-25(28(34)30-4)31(18-22-11-9-10-14-24(22)29)27(33)19-32(26-17-20(2)15-16-21(26)3)37(35,36)23-12-7-6-8-13-23/h6-17,25H,5,18-19H2,1-4H3,(H,30,34). The summed E-state index contributed by atoms with van der Waals surface area (Å²) in [5, 5.41) is 3.07. The smallest absolute Gasteiger partial charge is 0.264 e. The van der Waals surface area contributed by atoms with Crippen molar-refractivity contribution in [1.29, 1.82) is 0 Å². The highest BCUT2D eigenvalue weighted by atomic mass is 35.5. The minimum Gasteiger partial charge on any atom is -0.357 e. The molecule has 0 aromatic heterocycles. The number of hydrogen-bond acceptors (Lipinski definition) is 4. The van der Waals surface area contributed by atoms with Crippen LogP contribution in [0.4, 0.5) is 5.69 Å². The number of amides is 2. The van der Waals surface area contributed by atoms with Gasteiger partial charge in [-0.05, 0) is 61.2 Å². The Labute approximate surface area is 224 Å². The molecule has 7 nitrogen and oxygen atoms in total. The molecule has 3 aromatic rings. The van der Waals surface area contributed by atoms with Crippen LogP contribution in [-0.2, 0) is 26.2 Å². The first-order chi connectivity index (χ1) is 17.6. The van der Waals surface area contributed by atoms with Gasteiger partial charge in [0.1, 0.15) is 12.6 Å². The number of rotatable bonds is 10.